The normalized spacial score (nSPS) is 28.6. The summed E-state index contributed by atoms with van der Waals surface area (Å²) in [6.45, 7) is 5.28. The molecule has 0 amide bonds. The molecule has 6 heterocycles. The summed E-state index contributed by atoms with van der Waals surface area (Å²) in [4.78, 5) is 25.9. The summed E-state index contributed by atoms with van der Waals surface area (Å²) in [5, 5.41) is 2.64. The van der Waals surface area contributed by atoms with Crippen molar-refractivity contribution in [3.05, 3.63) is 82.8 Å². The molecule has 188 valence electrons. The molecule has 0 bridgehead atoms. The number of nitrogens with one attached hydrogen (secondary N) is 2. The van der Waals surface area contributed by atoms with E-state index in [1.54, 1.807) is 0 Å². The van der Waals surface area contributed by atoms with Crippen LogP contribution >= 0.6 is 0 Å². The zero-order valence-corrected chi connectivity index (χ0v) is 21.4. The Labute approximate surface area is 216 Å². The molecule has 6 heteroatoms. The first-order chi connectivity index (χ1) is 18.0. The van der Waals surface area contributed by atoms with E-state index >= 15 is 0 Å². The van der Waals surface area contributed by atoms with E-state index in [0.717, 1.165) is 44.5 Å². The quantitative estimate of drug-likeness (QED) is 0.364. The molecule has 4 aliphatic rings. The average Bonchev–Trinajstić information content (AvgIpc) is 3.48. The Kier molecular flexibility index (Phi) is 4.38. The zero-order valence-electron chi connectivity index (χ0n) is 21.4. The van der Waals surface area contributed by atoms with E-state index in [4.69, 9.17) is 4.74 Å². The van der Waals surface area contributed by atoms with Gasteiger partial charge in [0.15, 0.2) is 0 Å². The van der Waals surface area contributed by atoms with Gasteiger partial charge in [0.25, 0.3) is 0 Å². The minimum absolute atomic E-state index is 0.0677. The Bertz CT molecular complexity index is 1610. The number of aromatic nitrogens is 2. The Morgan fingerprint density at radius 2 is 1.76 bits per heavy atom. The third kappa shape index (κ3) is 2.88. The van der Waals surface area contributed by atoms with Crippen LogP contribution in [0.25, 0.3) is 21.8 Å². The topological polar surface area (TPSA) is 64.4 Å². The summed E-state index contributed by atoms with van der Waals surface area (Å²) in [5.41, 5.74) is 8.73. The molecule has 1 saturated heterocycles. The summed E-state index contributed by atoms with van der Waals surface area (Å²) in [5.74, 6) is 0.328. The molecule has 2 aromatic heterocycles. The molecule has 4 aromatic rings. The van der Waals surface area contributed by atoms with Crippen LogP contribution in [0.5, 0.6) is 0 Å². The van der Waals surface area contributed by atoms with Crippen LogP contribution in [-0.4, -0.2) is 51.5 Å². The maximum atomic E-state index is 13.2. The number of para-hydroxylation sites is 2. The SMILES string of the molecule is COC(=O)C1=CN2Cc3c([nH]c4ccccc34)C[C@@]2(C)[C@@H]2CN3CCc4c([nH]c5ccccc45)[C@H]3C[C@H]12. The molecule has 4 atom stereocenters. The Morgan fingerprint density at radius 3 is 2.54 bits per heavy atom. The smallest absolute Gasteiger partial charge is 0.335 e. The number of carbonyl (C=O) groups is 1. The van der Waals surface area contributed by atoms with Gasteiger partial charge in [-0.25, -0.2) is 4.79 Å². The molecule has 6 nitrogen and oxygen atoms in total. The van der Waals surface area contributed by atoms with E-state index < -0.39 is 0 Å². The predicted octanol–water partition coefficient (Wildman–Crippen LogP) is 5.07. The lowest BCUT2D eigenvalue weighted by molar-refractivity contribution is -0.139. The van der Waals surface area contributed by atoms with Crippen molar-refractivity contribution in [2.75, 3.05) is 20.2 Å². The van der Waals surface area contributed by atoms with Crippen LogP contribution < -0.4 is 0 Å². The van der Waals surface area contributed by atoms with Crippen LogP contribution in [0, 0.1) is 11.8 Å². The standard InChI is InChI=1S/C31H32N4O2/c1-31-14-27-22(19-8-4-5-9-25(19)32-27)15-35(31)16-23(30(36)37-2)21-13-28-29-20(11-12-34(28)17-24(21)31)18-7-3-6-10-26(18)33-29/h3-10,16,21,24,28,32-33H,11-15,17H2,1-2H3/t21-,24-,28-,31+/m1/s1. The van der Waals surface area contributed by atoms with E-state index in [9.17, 15) is 4.79 Å². The van der Waals surface area contributed by atoms with Gasteiger partial charge in [0.05, 0.1) is 18.7 Å². The summed E-state index contributed by atoms with van der Waals surface area (Å²) in [6, 6.07) is 17.6. The van der Waals surface area contributed by atoms with Gasteiger partial charge in [0.2, 0.25) is 0 Å². The number of benzene rings is 2. The molecule has 0 unspecified atom stereocenters. The van der Waals surface area contributed by atoms with Crippen LogP contribution in [0.15, 0.2) is 60.3 Å². The van der Waals surface area contributed by atoms with Crippen molar-refractivity contribution >= 4 is 27.8 Å². The summed E-state index contributed by atoms with van der Waals surface area (Å²) in [6.07, 6.45) is 5.12. The number of piperidine rings is 1. The third-order valence-electron chi connectivity index (χ3n) is 10.00. The number of ether oxygens (including phenoxy) is 1. The Hall–Kier alpha value is -3.51. The number of hydrogen-bond acceptors (Lipinski definition) is 4. The van der Waals surface area contributed by atoms with Crippen molar-refractivity contribution in [3.8, 4) is 0 Å². The molecule has 8 rings (SSSR count). The molecule has 0 spiro atoms. The van der Waals surface area contributed by atoms with Gasteiger partial charge >= 0.3 is 5.97 Å². The van der Waals surface area contributed by atoms with Gasteiger partial charge in [0.1, 0.15) is 0 Å². The fraction of sp³-hybridized carbons (Fsp3) is 0.387. The van der Waals surface area contributed by atoms with Gasteiger partial charge in [-0.15, -0.1) is 0 Å². The van der Waals surface area contributed by atoms with E-state index in [-0.39, 0.29) is 17.4 Å². The lowest BCUT2D eigenvalue weighted by Gasteiger charge is -2.59. The number of esters is 1. The molecular formula is C31H32N4O2. The van der Waals surface area contributed by atoms with Crippen LogP contribution in [0.2, 0.25) is 0 Å². The van der Waals surface area contributed by atoms with Gasteiger partial charge in [-0.1, -0.05) is 36.4 Å². The van der Waals surface area contributed by atoms with E-state index in [2.05, 4.69) is 81.4 Å². The molecule has 0 radical (unpaired) electrons. The number of rotatable bonds is 1. The number of methoxy groups -OCH3 is 1. The van der Waals surface area contributed by atoms with Crippen molar-refractivity contribution in [2.24, 2.45) is 11.8 Å². The highest BCUT2D eigenvalue weighted by Gasteiger charge is 2.55. The molecule has 4 aliphatic heterocycles. The number of fused-ring (bicyclic) bond motifs is 11. The van der Waals surface area contributed by atoms with Crippen molar-refractivity contribution in [1.82, 2.24) is 19.8 Å². The summed E-state index contributed by atoms with van der Waals surface area (Å²) >= 11 is 0. The van der Waals surface area contributed by atoms with Crippen LogP contribution in [0.1, 0.15) is 41.9 Å². The van der Waals surface area contributed by atoms with Crippen LogP contribution in [0.4, 0.5) is 0 Å². The summed E-state index contributed by atoms with van der Waals surface area (Å²) in [7, 11) is 1.52. The first-order valence-electron chi connectivity index (χ1n) is 13.5. The molecule has 0 saturated carbocycles. The van der Waals surface area contributed by atoms with Crippen LogP contribution in [-0.2, 0) is 28.9 Å². The van der Waals surface area contributed by atoms with Crippen molar-refractivity contribution in [2.45, 2.75) is 44.3 Å². The lowest BCUT2D eigenvalue weighted by atomic mass is 9.62. The minimum Gasteiger partial charge on any atom is -0.466 e. The highest BCUT2D eigenvalue weighted by atomic mass is 16.5. The molecule has 2 N–H and O–H groups in total. The fourth-order valence-electron chi connectivity index (χ4n) is 8.13. The van der Waals surface area contributed by atoms with Crippen molar-refractivity contribution < 1.29 is 9.53 Å². The first-order valence-corrected chi connectivity index (χ1v) is 13.5. The number of hydrogen-bond donors (Lipinski definition) is 2. The molecule has 2 aromatic carbocycles. The maximum Gasteiger partial charge on any atom is 0.335 e. The number of nitrogens with zero attached hydrogens (tertiary/aromatic N) is 2. The number of aromatic amines is 2. The van der Waals surface area contributed by atoms with Crippen molar-refractivity contribution in [3.63, 3.8) is 0 Å². The van der Waals surface area contributed by atoms with Gasteiger partial charge in [0, 0.05) is 88.4 Å². The largest absolute Gasteiger partial charge is 0.466 e. The lowest BCUT2D eigenvalue weighted by Crippen LogP contribution is -2.63. The Balaban J connectivity index is 1.23. The zero-order chi connectivity index (χ0) is 24.9. The first kappa shape index (κ1) is 21.6. The number of H-pyrrole nitrogens is 2. The van der Waals surface area contributed by atoms with Crippen molar-refractivity contribution in [1.29, 1.82) is 0 Å². The van der Waals surface area contributed by atoms with Gasteiger partial charge in [-0.05, 0) is 37.5 Å². The van der Waals surface area contributed by atoms with E-state index in [0.29, 0.717) is 12.0 Å². The third-order valence-corrected chi connectivity index (χ3v) is 10.00. The summed E-state index contributed by atoms with van der Waals surface area (Å²) < 4.78 is 5.37. The average molecular weight is 493 g/mol. The molecule has 37 heavy (non-hydrogen) atoms. The molecule has 0 aliphatic carbocycles. The highest BCUT2D eigenvalue weighted by molar-refractivity contribution is 5.90. The van der Waals surface area contributed by atoms with Crippen LogP contribution in [0.3, 0.4) is 0 Å². The second-order valence-corrected chi connectivity index (χ2v) is 11.6. The Morgan fingerprint density at radius 1 is 1.03 bits per heavy atom. The fourth-order valence-corrected chi connectivity index (χ4v) is 8.13. The van der Waals surface area contributed by atoms with E-state index in [1.807, 2.05) is 0 Å². The molecular weight excluding hydrogens is 460 g/mol. The maximum absolute atomic E-state index is 13.2. The predicted molar refractivity (Wildman–Crippen MR) is 144 cm³/mol. The van der Waals surface area contributed by atoms with Gasteiger partial charge in [-0.2, -0.15) is 0 Å². The molecule has 1 fully saturated rings. The number of carbonyl (C=O) groups excluding carboxylic acids is 1. The van der Waals surface area contributed by atoms with E-state index in [1.165, 1.54) is 51.4 Å². The monoisotopic (exact) mass is 492 g/mol. The second-order valence-electron chi connectivity index (χ2n) is 11.6. The highest BCUT2D eigenvalue weighted by Crippen LogP contribution is 2.53. The minimum atomic E-state index is -0.178. The second kappa shape index (κ2) is 7.51. The van der Waals surface area contributed by atoms with Gasteiger partial charge in [-0.3, -0.25) is 4.90 Å². The van der Waals surface area contributed by atoms with Gasteiger partial charge < -0.3 is 19.6 Å².